The number of carbonyl (C=O) groups excluding carboxylic acids is 1. The highest BCUT2D eigenvalue weighted by molar-refractivity contribution is 5.87. The Morgan fingerprint density at radius 1 is 1.12 bits per heavy atom. The van der Waals surface area contributed by atoms with Gasteiger partial charge < -0.3 is 9.15 Å². The third-order valence-electron chi connectivity index (χ3n) is 4.34. The van der Waals surface area contributed by atoms with Crippen LogP contribution in [-0.4, -0.2) is 17.5 Å². The number of carbonyl (C=O) groups is 1. The lowest BCUT2D eigenvalue weighted by Crippen LogP contribution is -2.16. The Morgan fingerprint density at radius 3 is 2.50 bits per heavy atom. The highest BCUT2D eigenvalue weighted by Gasteiger charge is 2.18. The SMILES string of the molecule is O=C(OCC1CCCCC1)c1ccc(-c2ccc([N+](=O)[O-])cc2)o1. The summed E-state index contributed by atoms with van der Waals surface area (Å²) in [6.45, 7) is 0.437. The molecule has 0 atom stereocenters. The molecule has 1 heterocycles. The Hall–Kier alpha value is -2.63. The quantitative estimate of drug-likeness (QED) is 0.455. The Balaban J connectivity index is 1.61. The summed E-state index contributed by atoms with van der Waals surface area (Å²) < 4.78 is 10.9. The van der Waals surface area contributed by atoms with E-state index in [9.17, 15) is 14.9 Å². The number of rotatable bonds is 5. The molecule has 24 heavy (non-hydrogen) atoms. The van der Waals surface area contributed by atoms with Gasteiger partial charge in [0.1, 0.15) is 5.76 Å². The smallest absolute Gasteiger partial charge is 0.374 e. The molecular weight excluding hydrogens is 310 g/mol. The first-order valence-corrected chi connectivity index (χ1v) is 8.15. The fraction of sp³-hybridized carbons (Fsp3) is 0.389. The molecule has 3 rings (SSSR count). The van der Waals surface area contributed by atoms with Crippen LogP contribution in [0.15, 0.2) is 40.8 Å². The molecule has 0 amide bonds. The van der Waals surface area contributed by atoms with Gasteiger partial charge in [0.2, 0.25) is 5.76 Å². The molecule has 126 valence electrons. The zero-order valence-electron chi connectivity index (χ0n) is 13.3. The molecule has 1 aliphatic carbocycles. The minimum Gasteiger partial charge on any atom is -0.460 e. The zero-order chi connectivity index (χ0) is 16.9. The van der Waals surface area contributed by atoms with Crippen LogP contribution < -0.4 is 0 Å². The second-order valence-electron chi connectivity index (χ2n) is 6.07. The molecule has 1 saturated carbocycles. The fourth-order valence-electron chi connectivity index (χ4n) is 2.97. The number of benzene rings is 1. The highest BCUT2D eigenvalue weighted by Crippen LogP contribution is 2.26. The van der Waals surface area contributed by atoms with Crippen LogP contribution in [0.25, 0.3) is 11.3 Å². The van der Waals surface area contributed by atoms with Crippen LogP contribution in [0.4, 0.5) is 5.69 Å². The maximum atomic E-state index is 12.1. The number of non-ortho nitro benzene ring substituents is 1. The molecule has 1 aliphatic rings. The van der Waals surface area contributed by atoms with Gasteiger partial charge >= 0.3 is 5.97 Å². The Bertz CT molecular complexity index is 713. The highest BCUT2D eigenvalue weighted by atomic mass is 16.6. The van der Waals surface area contributed by atoms with Gasteiger partial charge in [0.25, 0.3) is 5.69 Å². The van der Waals surface area contributed by atoms with Crippen molar-refractivity contribution in [3.63, 3.8) is 0 Å². The Labute approximate surface area is 139 Å². The van der Waals surface area contributed by atoms with E-state index in [0.717, 1.165) is 12.8 Å². The lowest BCUT2D eigenvalue weighted by Gasteiger charge is -2.20. The van der Waals surface area contributed by atoms with Crippen molar-refractivity contribution in [3.05, 3.63) is 52.3 Å². The van der Waals surface area contributed by atoms with Crippen molar-refractivity contribution in [2.75, 3.05) is 6.61 Å². The number of hydrogen-bond donors (Lipinski definition) is 0. The topological polar surface area (TPSA) is 82.6 Å². The summed E-state index contributed by atoms with van der Waals surface area (Å²) in [6, 6.07) is 9.22. The molecule has 1 aromatic carbocycles. The van der Waals surface area contributed by atoms with E-state index in [1.807, 2.05) is 0 Å². The van der Waals surface area contributed by atoms with Crippen molar-refractivity contribution in [1.29, 1.82) is 0 Å². The maximum Gasteiger partial charge on any atom is 0.374 e. The lowest BCUT2D eigenvalue weighted by atomic mass is 9.90. The summed E-state index contributed by atoms with van der Waals surface area (Å²) in [7, 11) is 0. The van der Waals surface area contributed by atoms with E-state index in [1.165, 1.54) is 31.4 Å². The first-order valence-electron chi connectivity index (χ1n) is 8.15. The molecular formula is C18H19NO5. The van der Waals surface area contributed by atoms with Gasteiger partial charge in [0.15, 0.2) is 0 Å². The standard InChI is InChI=1S/C18H19NO5/c20-18(23-12-13-4-2-1-3-5-13)17-11-10-16(24-17)14-6-8-15(9-7-14)19(21)22/h6-11,13H,1-5,12H2. The molecule has 0 N–H and O–H groups in total. The normalized spacial score (nSPS) is 15.2. The second-order valence-corrected chi connectivity index (χ2v) is 6.07. The van der Waals surface area contributed by atoms with E-state index < -0.39 is 10.9 Å². The molecule has 6 nitrogen and oxygen atoms in total. The van der Waals surface area contributed by atoms with E-state index in [0.29, 0.717) is 23.8 Å². The molecule has 0 bridgehead atoms. The van der Waals surface area contributed by atoms with Crippen LogP contribution in [0.1, 0.15) is 42.7 Å². The predicted molar refractivity (Wildman–Crippen MR) is 87.7 cm³/mol. The van der Waals surface area contributed by atoms with Gasteiger partial charge in [0, 0.05) is 17.7 Å². The van der Waals surface area contributed by atoms with Gasteiger partial charge in [-0.25, -0.2) is 4.79 Å². The van der Waals surface area contributed by atoms with Gasteiger partial charge in [-0.05, 0) is 43.0 Å². The Morgan fingerprint density at radius 2 is 1.83 bits per heavy atom. The van der Waals surface area contributed by atoms with E-state index in [4.69, 9.17) is 9.15 Å². The van der Waals surface area contributed by atoms with Crippen molar-refractivity contribution in [2.24, 2.45) is 5.92 Å². The summed E-state index contributed by atoms with van der Waals surface area (Å²) in [5, 5.41) is 10.7. The number of hydrogen-bond acceptors (Lipinski definition) is 5. The Kier molecular flexibility index (Phi) is 4.93. The summed E-state index contributed by atoms with van der Waals surface area (Å²) in [4.78, 5) is 22.3. The maximum absolute atomic E-state index is 12.1. The van der Waals surface area contributed by atoms with Crippen molar-refractivity contribution in [3.8, 4) is 11.3 Å². The molecule has 0 aliphatic heterocycles. The number of esters is 1. The lowest BCUT2D eigenvalue weighted by molar-refractivity contribution is -0.384. The number of nitro groups is 1. The van der Waals surface area contributed by atoms with Crippen LogP contribution in [0.2, 0.25) is 0 Å². The third kappa shape index (κ3) is 3.82. The number of nitro benzene ring substituents is 1. The summed E-state index contributed by atoms with van der Waals surface area (Å²) in [6.07, 6.45) is 5.89. The van der Waals surface area contributed by atoms with E-state index >= 15 is 0 Å². The average Bonchev–Trinajstić information content (AvgIpc) is 3.11. The van der Waals surface area contributed by atoms with E-state index in [1.54, 1.807) is 24.3 Å². The molecule has 6 heteroatoms. The fourth-order valence-corrected chi connectivity index (χ4v) is 2.97. The van der Waals surface area contributed by atoms with Crippen molar-refractivity contribution >= 4 is 11.7 Å². The monoisotopic (exact) mass is 329 g/mol. The molecule has 0 saturated heterocycles. The molecule has 2 aromatic rings. The van der Waals surface area contributed by atoms with Crippen LogP contribution in [0, 0.1) is 16.0 Å². The predicted octanol–water partition coefficient (Wildman–Crippen LogP) is 4.59. The summed E-state index contributed by atoms with van der Waals surface area (Å²) in [5.41, 5.74) is 0.685. The molecule has 0 spiro atoms. The van der Waals surface area contributed by atoms with Gasteiger partial charge in [-0.2, -0.15) is 0 Å². The van der Waals surface area contributed by atoms with Gasteiger partial charge in [-0.3, -0.25) is 10.1 Å². The van der Waals surface area contributed by atoms with Crippen LogP contribution in [0.3, 0.4) is 0 Å². The first kappa shape index (κ1) is 16.2. The van der Waals surface area contributed by atoms with Gasteiger partial charge in [-0.15, -0.1) is 0 Å². The van der Waals surface area contributed by atoms with Crippen LogP contribution in [-0.2, 0) is 4.74 Å². The number of ether oxygens (including phenoxy) is 1. The zero-order valence-corrected chi connectivity index (χ0v) is 13.3. The second kappa shape index (κ2) is 7.29. The van der Waals surface area contributed by atoms with Crippen molar-refractivity contribution in [1.82, 2.24) is 0 Å². The van der Waals surface area contributed by atoms with Crippen molar-refractivity contribution in [2.45, 2.75) is 32.1 Å². The van der Waals surface area contributed by atoms with Crippen LogP contribution >= 0.6 is 0 Å². The number of nitrogens with zero attached hydrogens (tertiary/aromatic N) is 1. The first-order chi connectivity index (χ1) is 11.6. The summed E-state index contributed by atoms with van der Waals surface area (Å²) in [5.74, 6) is 0.620. The minimum absolute atomic E-state index is 0.0115. The van der Waals surface area contributed by atoms with Crippen LogP contribution in [0.5, 0.6) is 0 Å². The third-order valence-corrected chi connectivity index (χ3v) is 4.34. The summed E-state index contributed by atoms with van der Waals surface area (Å²) >= 11 is 0. The molecule has 0 unspecified atom stereocenters. The van der Waals surface area contributed by atoms with E-state index in [-0.39, 0.29) is 11.4 Å². The van der Waals surface area contributed by atoms with Crippen molar-refractivity contribution < 1.29 is 18.9 Å². The average molecular weight is 329 g/mol. The van der Waals surface area contributed by atoms with Gasteiger partial charge in [0.05, 0.1) is 11.5 Å². The molecule has 1 aromatic heterocycles. The largest absolute Gasteiger partial charge is 0.460 e. The minimum atomic E-state index is -0.464. The van der Waals surface area contributed by atoms with Gasteiger partial charge in [-0.1, -0.05) is 19.3 Å². The number of furan rings is 1. The molecule has 1 fully saturated rings. The van der Waals surface area contributed by atoms with E-state index in [2.05, 4.69) is 0 Å². The molecule has 0 radical (unpaired) electrons.